The molecule has 4 heteroatoms. The van der Waals surface area contributed by atoms with Gasteiger partial charge in [0.05, 0.1) is 0 Å². The van der Waals surface area contributed by atoms with Crippen molar-refractivity contribution < 1.29 is 9.53 Å². The molecule has 0 radical (unpaired) electrons. The Morgan fingerprint density at radius 3 is 2.83 bits per heavy atom. The Balaban J connectivity index is 3.08. The molecule has 0 saturated heterocycles. The van der Waals surface area contributed by atoms with Crippen LogP contribution in [0, 0.1) is 0 Å². The highest BCUT2D eigenvalue weighted by molar-refractivity contribution is 6.17. The maximum Gasteiger partial charge on any atom is 0.245 e. The highest BCUT2D eigenvalue weighted by Gasteiger charge is 1.97. The highest BCUT2D eigenvalue weighted by Crippen LogP contribution is 1.89. The van der Waals surface area contributed by atoms with Gasteiger partial charge in [0, 0.05) is 19.0 Å². The molecule has 0 aromatic heterocycles. The second kappa shape index (κ2) is 8.81. The van der Waals surface area contributed by atoms with Crippen molar-refractivity contribution >= 4 is 17.5 Å². The Morgan fingerprint density at radius 2 is 2.25 bits per heavy atom. The molecule has 0 unspecified atom stereocenters. The van der Waals surface area contributed by atoms with Crippen LogP contribution < -0.4 is 5.32 Å². The summed E-state index contributed by atoms with van der Waals surface area (Å²) in [5.74, 6) is 0.604. The third-order valence-electron chi connectivity index (χ3n) is 1.32. The van der Waals surface area contributed by atoms with Gasteiger partial charge in [0.15, 0.2) is 0 Å². The highest BCUT2D eigenvalue weighted by atomic mass is 35.5. The van der Waals surface area contributed by atoms with Gasteiger partial charge in [-0.1, -0.05) is 0 Å². The number of alkyl halides is 1. The SMILES string of the molecule is CCOCC(=O)NCCCCCl. The van der Waals surface area contributed by atoms with Gasteiger partial charge in [-0.15, -0.1) is 11.6 Å². The van der Waals surface area contributed by atoms with E-state index in [-0.39, 0.29) is 12.5 Å². The molecule has 0 heterocycles. The van der Waals surface area contributed by atoms with Gasteiger partial charge in [-0.2, -0.15) is 0 Å². The van der Waals surface area contributed by atoms with Crippen LogP contribution in [0.2, 0.25) is 0 Å². The van der Waals surface area contributed by atoms with Crippen LogP contribution >= 0.6 is 11.6 Å². The largest absolute Gasteiger partial charge is 0.372 e. The molecule has 0 aliphatic carbocycles. The summed E-state index contributed by atoms with van der Waals surface area (Å²) in [7, 11) is 0. The normalized spacial score (nSPS) is 9.83. The van der Waals surface area contributed by atoms with E-state index in [0.29, 0.717) is 19.0 Å². The first kappa shape index (κ1) is 11.7. The van der Waals surface area contributed by atoms with E-state index < -0.39 is 0 Å². The smallest absolute Gasteiger partial charge is 0.245 e. The Hall–Kier alpha value is -0.280. The van der Waals surface area contributed by atoms with E-state index in [1.165, 1.54) is 0 Å². The lowest BCUT2D eigenvalue weighted by Crippen LogP contribution is -2.28. The lowest BCUT2D eigenvalue weighted by molar-refractivity contribution is -0.125. The summed E-state index contributed by atoms with van der Waals surface area (Å²) in [6.07, 6.45) is 1.87. The van der Waals surface area contributed by atoms with Crippen LogP contribution in [0.1, 0.15) is 19.8 Å². The van der Waals surface area contributed by atoms with E-state index in [4.69, 9.17) is 16.3 Å². The molecule has 1 amide bonds. The summed E-state index contributed by atoms with van der Waals surface area (Å²) in [5.41, 5.74) is 0. The van der Waals surface area contributed by atoms with Gasteiger partial charge >= 0.3 is 0 Å². The number of hydrogen-bond donors (Lipinski definition) is 1. The average molecular weight is 194 g/mol. The zero-order valence-electron chi connectivity index (χ0n) is 7.44. The van der Waals surface area contributed by atoms with E-state index in [9.17, 15) is 4.79 Å². The molecule has 0 aromatic carbocycles. The molecule has 1 N–H and O–H groups in total. The number of rotatable bonds is 7. The monoisotopic (exact) mass is 193 g/mol. The van der Waals surface area contributed by atoms with Crippen molar-refractivity contribution in [3.05, 3.63) is 0 Å². The fourth-order valence-electron chi connectivity index (χ4n) is 0.693. The molecule has 3 nitrogen and oxygen atoms in total. The Morgan fingerprint density at radius 1 is 1.50 bits per heavy atom. The molecule has 0 atom stereocenters. The molecule has 0 aromatic rings. The predicted octanol–water partition coefficient (Wildman–Crippen LogP) is 1.16. The molecule has 0 aliphatic rings. The van der Waals surface area contributed by atoms with Gasteiger partial charge in [-0.25, -0.2) is 0 Å². The number of halogens is 1. The van der Waals surface area contributed by atoms with E-state index >= 15 is 0 Å². The van der Waals surface area contributed by atoms with Gasteiger partial charge in [-0.05, 0) is 19.8 Å². The van der Waals surface area contributed by atoms with Crippen molar-refractivity contribution in [1.82, 2.24) is 5.32 Å². The van der Waals surface area contributed by atoms with Crippen LogP contribution in [-0.2, 0) is 9.53 Å². The topological polar surface area (TPSA) is 38.3 Å². The first-order valence-corrected chi connectivity index (χ1v) is 4.75. The third kappa shape index (κ3) is 7.82. The number of hydrogen-bond acceptors (Lipinski definition) is 2. The molecule has 0 fully saturated rings. The molecule has 72 valence electrons. The molecule has 0 rings (SSSR count). The van der Waals surface area contributed by atoms with E-state index in [2.05, 4.69) is 5.32 Å². The lowest BCUT2D eigenvalue weighted by atomic mass is 10.3. The quantitative estimate of drug-likeness (QED) is 0.487. The number of ether oxygens (including phenoxy) is 1. The second-order valence-corrected chi connectivity index (χ2v) is 2.76. The maximum absolute atomic E-state index is 10.9. The Bertz CT molecular complexity index is 120. The van der Waals surface area contributed by atoms with Crippen molar-refractivity contribution in [3.63, 3.8) is 0 Å². The number of carbonyl (C=O) groups is 1. The summed E-state index contributed by atoms with van der Waals surface area (Å²) in [5, 5.41) is 2.73. The summed E-state index contributed by atoms with van der Waals surface area (Å²) >= 11 is 5.46. The minimum absolute atomic E-state index is 0.0496. The van der Waals surface area contributed by atoms with Crippen molar-refractivity contribution in [2.75, 3.05) is 25.6 Å². The van der Waals surface area contributed by atoms with Crippen molar-refractivity contribution in [2.45, 2.75) is 19.8 Å². The number of carbonyl (C=O) groups excluding carboxylic acids is 1. The molecule has 0 saturated carbocycles. The zero-order chi connectivity index (χ0) is 9.23. The average Bonchev–Trinajstić information content (AvgIpc) is 2.09. The van der Waals surface area contributed by atoms with Crippen LogP contribution in [0.4, 0.5) is 0 Å². The Labute approximate surface area is 78.4 Å². The van der Waals surface area contributed by atoms with Crippen LogP contribution in [-0.4, -0.2) is 31.5 Å². The standard InChI is InChI=1S/C8H16ClNO2/c1-2-12-7-8(11)10-6-4-3-5-9/h2-7H2,1H3,(H,10,11). The molecular weight excluding hydrogens is 178 g/mol. The zero-order valence-corrected chi connectivity index (χ0v) is 8.19. The van der Waals surface area contributed by atoms with E-state index in [1.807, 2.05) is 6.92 Å². The molecule has 12 heavy (non-hydrogen) atoms. The summed E-state index contributed by atoms with van der Waals surface area (Å²) < 4.78 is 4.91. The summed E-state index contributed by atoms with van der Waals surface area (Å²) in [6.45, 7) is 3.30. The second-order valence-electron chi connectivity index (χ2n) is 2.38. The third-order valence-corrected chi connectivity index (χ3v) is 1.59. The van der Waals surface area contributed by atoms with Gasteiger partial charge < -0.3 is 10.1 Å². The molecule has 0 spiro atoms. The summed E-state index contributed by atoms with van der Waals surface area (Å²) in [4.78, 5) is 10.9. The molecule has 0 bridgehead atoms. The molecular formula is C8H16ClNO2. The number of amides is 1. The van der Waals surface area contributed by atoms with Crippen molar-refractivity contribution in [3.8, 4) is 0 Å². The van der Waals surface area contributed by atoms with Crippen LogP contribution in [0.15, 0.2) is 0 Å². The minimum Gasteiger partial charge on any atom is -0.372 e. The van der Waals surface area contributed by atoms with Gasteiger partial charge in [0.25, 0.3) is 0 Å². The van der Waals surface area contributed by atoms with Crippen LogP contribution in [0.3, 0.4) is 0 Å². The number of unbranched alkanes of at least 4 members (excludes halogenated alkanes) is 1. The van der Waals surface area contributed by atoms with Gasteiger partial charge in [-0.3, -0.25) is 4.79 Å². The number of nitrogens with one attached hydrogen (secondary N) is 1. The maximum atomic E-state index is 10.9. The molecule has 0 aliphatic heterocycles. The van der Waals surface area contributed by atoms with Gasteiger partial charge in [0.2, 0.25) is 5.91 Å². The predicted molar refractivity (Wildman–Crippen MR) is 49.5 cm³/mol. The fraction of sp³-hybridized carbons (Fsp3) is 0.875. The van der Waals surface area contributed by atoms with Crippen LogP contribution in [0.25, 0.3) is 0 Å². The van der Waals surface area contributed by atoms with Gasteiger partial charge in [0.1, 0.15) is 6.61 Å². The van der Waals surface area contributed by atoms with E-state index in [1.54, 1.807) is 0 Å². The summed E-state index contributed by atoms with van der Waals surface area (Å²) in [6, 6.07) is 0. The van der Waals surface area contributed by atoms with Crippen molar-refractivity contribution in [1.29, 1.82) is 0 Å². The van der Waals surface area contributed by atoms with Crippen LogP contribution in [0.5, 0.6) is 0 Å². The first-order chi connectivity index (χ1) is 5.81. The fourth-order valence-corrected chi connectivity index (χ4v) is 0.882. The Kier molecular flexibility index (Phi) is 8.61. The van der Waals surface area contributed by atoms with E-state index in [0.717, 1.165) is 12.8 Å². The lowest BCUT2D eigenvalue weighted by Gasteiger charge is -2.03. The first-order valence-electron chi connectivity index (χ1n) is 4.21. The minimum atomic E-state index is -0.0496. The van der Waals surface area contributed by atoms with Crippen molar-refractivity contribution in [2.24, 2.45) is 0 Å².